The molecule has 26 heavy (non-hydrogen) atoms. The van der Waals surface area contributed by atoms with E-state index in [4.69, 9.17) is 25.8 Å². The summed E-state index contributed by atoms with van der Waals surface area (Å²) in [5.74, 6) is 1.09. The minimum Gasteiger partial charge on any atom is -0.496 e. The summed E-state index contributed by atoms with van der Waals surface area (Å²) >= 11 is 6.18. The predicted octanol–water partition coefficient (Wildman–Crippen LogP) is 3.10. The maximum Gasteiger partial charge on any atom is 0.239 e. The molecule has 0 fully saturated rings. The highest BCUT2D eigenvalue weighted by molar-refractivity contribution is 6.32. The van der Waals surface area contributed by atoms with Crippen LogP contribution >= 0.6 is 11.6 Å². The highest BCUT2D eigenvalue weighted by Crippen LogP contribution is 2.32. The molecule has 0 radical (unpaired) electrons. The summed E-state index contributed by atoms with van der Waals surface area (Å²) in [6, 6.07) is 12.9. The van der Waals surface area contributed by atoms with E-state index >= 15 is 0 Å². The standard InChI is InChI=1S/C19H23ClN2O4/c1-24-10-11-26-19-15(20)7-5-8-16(19)21-13-18(23)22-12-14-6-3-4-9-17(14)25-2/h3-9,21H,10-13H2,1-2H3,(H,22,23). The highest BCUT2D eigenvalue weighted by Gasteiger charge is 2.10. The zero-order valence-electron chi connectivity index (χ0n) is 14.9. The average molecular weight is 379 g/mol. The molecule has 0 bridgehead atoms. The van der Waals surface area contributed by atoms with Gasteiger partial charge in [0.25, 0.3) is 0 Å². The minimum absolute atomic E-state index is 0.0934. The summed E-state index contributed by atoms with van der Waals surface area (Å²) in [6.07, 6.45) is 0. The van der Waals surface area contributed by atoms with Crippen molar-refractivity contribution in [1.82, 2.24) is 5.32 Å². The maximum absolute atomic E-state index is 12.1. The Labute approximate surface area is 158 Å². The van der Waals surface area contributed by atoms with Crippen LogP contribution in [0.4, 0.5) is 5.69 Å². The number of para-hydroxylation sites is 2. The third-order valence-corrected chi connectivity index (χ3v) is 3.91. The lowest BCUT2D eigenvalue weighted by molar-refractivity contribution is -0.119. The van der Waals surface area contributed by atoms with Crippen molar-refractivity contribution in [2.75, 3.05) is 39.3 Å². The Hall–Kier alpha value is -2.44. The van der Waals surface area contributed by atoms with Gasteiger partial charge in [-0.05, 0) is 18.2 Å². The number of anilines is 1. The van der Waals surface area contributed by atoms with Crippen LogP contribution in [0.5, 0.6) is 11.5 Å². The zero-order valence-corrected chi connectivity index (χ0v) is 15.6. The Kier molecular flexibility index (Phi) is 8.05. The summed E-state index contributed by atoms with van der Waals surface area (Å²) in [7, 11) is 3.20. The number of halogens is 1. The Balaban J connectivity index is 1.90. The maximum atomic E-state index is 12.1. The van der Waals surface area contributed by atoms with Gasteiger partial charge < -0.3 is 24.8 Å². The fourth-order valence-electron chi connectivity index (χ4n) is 2.30. The molecule has 7 heteroatoms. The molecule has 140 valence electrons. The summed E-state index contributed by atoms with van der Waals surface area (Å²) in [6.45, 7) is 1.30. The van der Waals surface area contributed by atoms with Crippen LogP contribution in [0.15, 0.2) is 42.5 Å². The van der Waals surface area contributed by atoms with Gasteiger partial charge in [-0.1, -0.05) is 35.9 Å². The molecular weight excluding hydrogens is 356 g/mol. The minimum atomic E-state index is -0.154. The number of rotatable bonds is 10. The number of benzene rings is 2. The third kappa shape index (κ3) is 5.82. The lowest BCUT2D eigenvalue weighted by Gasteiger charge is -2.15. The molecule has 1 amide bonds. The van der Waals surface area contributed by atoms with Gasteiger partial charge in [0, 0.05) is 19.2 Å². The molecule has 0 spiro atoms. The molecule has 0 aliphatic rings. The first-order chi connectivity index (χ1) is 12.7. The predicted molar refractivity (Wildman–Crippen MR) is 102 cm³/mol. The number of methoxy groups -OCH3 is 2. The first-order valence-corrected chi connectivity index (χ1v) is 8.56. The molecule has 2 N–H and O–H groups in total. The van der Waals surface area contributed by atoms with Gasteiger partial charge in [0.1, 0.15) is 12.4 Å². The molecule has 0 saturated heterocycles. The van der Waals surface area contributed by atoms with Crippen molar-refractivity contribution < 1.29 is 19.0 Å². The van der Waals surface area contributed by atoms with E-state index in [1.54, 1.807) is 26.4 Å². The molecule has 0 atom stereocenters. The van der Waals surface area contributed by atoms with Crippen LogP contribution in [0.2, 0.25) is 5.02 Å². The number of nitrogens with one attached hydrogen (secondary N) is 2. The Bertz CT molecular complexity index is 724. The van der Waals surface area contributed by atoms with Gasteiger partial charge in [-0.2, -0.15) is 0 Å². The van der Waals surface area contributed by atoms with Gasteiger partial charge in [-0.15, -0.1) is 0 Å². The van der Waals surface area contributed by atoms with E-state index in [9.17, 15) is 4.79 Å². The van der Waals surface area contributed by atoms with Crippen LogP contribution in [-0.4, -0.2) is 39.9 Å². The second-order valence-corrected chi connectivity index (χ2v) is 5.81. The second kappa shape index (κ2) is 10.5. The van der Waals surface area contributed by atoms with Crippen molar-refractivity contribution in [1.29, 1.82) is 0 Å². The van der Waals surface area contributed by atoms with Crippen molar-refractivity contribution >= 4 is 23.2 Å². The fraction of sp³-hybridized carbons (Fsp3) is 0.316. The monoisotopic (exact) mass is 378 g/mol. The van der Waals surface area contributed by atoms with Crippen molar-refractivity contribution in [3.63, 3.8) is 0 Å². The number of hydrogen-bond donors (Lipinski definition) is 2. The topological polar surface area (TPSA) is 68.8 Å². The van der Waals surface area contributed by atoms with E-state index in [2.05, 4.69) is 10.6 Å². The fourth-order valence-corrected chi connectivity index (χ4v) is 2.53. The van der Waals surface area contributed by atoms with Crippen molar-refractivity contribution in [3.8, 4) is 11.5 Å². The normalized spacial score (nSPS) is 10.3. The molecule has 0 heterocycles. The van der Waals surface area contributed by atoms with Gasteiger partial charge in [0.15, 0.2) is 5.75 Å². The van der Waals surface area contributed by atoms with E-state index in [0.29, 0.717) is 36.2 Å². The average Bonchev–Trinajstić information content (AvgIpc) is 2.66. The van der Waals surface area contributed by atoms with Gasteiger partial charge in [0.2, 0.25) is 5.91 Å². The lowest BCUT2D eigenvalue weighted by Crippen LogP contribution is -2.29. The van der Waals surface area contributed by atoms with Gasteiger partial charge in [-0.3, -0.25) is 4.79 Å². The smallest absolute Gasteiger partial charge is 0.239 e. The van der Waals surface area contributed by atoms with E-state index in [1.807, 2.05) is 30.3 Å². The van der Waals surface area contributed by atoms with E-state index in [-0.39, 0.29) is 12.5 Å². The van der Waals surface area contributed by atoms with Crippen molar-refractivity contribution in [2.45, 2.75) is 6.54 Å². The first-order valence-electron chi connectivity index (χ1n) is 8.18. The van der Waals surface area contributed by atoms with Gasteiger partial charge in [-0.25, -0.2) is 0 Å². The molecule has 0 aromatic heterocycles. The quantitative estimate of drug-likeness (QED) is 0.622. The van der Waals surface area contributed by atoms with E-state index < -0.39 is 0 Å². The molecule has 0 saturated carbocycles. The van der Waals surface area contributed by atoms with Crippen molar-refractivity contribution in [3.05, 3.63) is 53.1 Å². The SMILES string of the molecule is COCCOc1c(Cl)cccc1NCC(=O)NCc1ccccc1OC. The summed E-state index contributed by atoms with van der Waals surface area (Å²) in [5.41, 5.74) is 1.57. The summed E-state index contributed by atoms with van der Waals surface area (Å²) in [5, 5.41) is 6.38. The molecule has 0 aliphatic heterocycles. The highest BCUT2D eigenvalue weighted by atomic mass is 35.5. The van der Waals surface area contributed by atoms with Crippen LogP contribution in [0.3, 0.4) is 0 Å². The van der Waals surface area contributed by atoms with E-state index in [1.165, 1.54) is 0 Å². The largest absolute Gasteiger partial charge is 0.496 e. The van der Waals surface area contributed by atoms with Crippen LogP contribution in [0.25, 0.3) is 0 Å². The molecule has 2 aromatic carbocycles. The number of carbonyl (C=O) groups is 1. The zero-order chi connectivity index (χ0) is 18.8. The number of hydrogen-bond acceptors (Lipinski definition) is 5. The first kappa shape index (κ1) is 19.9. The molecule has 0 unspecified atom stereocenters. The summed E-state index contributed by atoms with van der Waals surface area (Å²) < 4.78 is 15.9. The van der Waals surface area contributed by atoms with Crippen LogP contribution in [-0.2, 0) is 16.1 Å². The summed E-state index contributed by atoms with van der Waals surface area (Å²) in [4.78, 5) is 12.1. The Morgan fingerprint density at radius 2 is 1.88 bits per heavy atom. The molecule has 0 aliphatic carbocycles. The van der Waals surface area contributed by atoms with E-state index in [0.717, 1.165) is 11.3 Å². The molecular formula is C19H23ClN2O4. The van der Waals surface area contributed by atoms with Crippen LogP contribution in [0.1, 0.15) is 5.56 Å². The molecule has 2 aromatic rings. The molecule has 6 nitrogen and oxygen atoms in total. The Morgan fingerprint density at radius 3 is 2.65 bits per heavy atom. The van der Waals surface area contributed by atoms with Gasteiger partial charge >= 0.3 is 0 Å². The third-order valence-electron chi connectivity index (χ3n) is 3.61. The van der Waals surface area contributed by atoms with Crippen LogP contribution in [0, 0.1) is 0 Å². The molecule has 2 rings (SSSR count). The number of amides is 1. The van der Waals surface area contributed by atoms with Crippen molar-refractivity contribution in [2.24, 2.45) is 0 Å². The Morgan fingerprint density at radius 1 is 1.08 bits per heavy atom. The van der Waals surface area contributed by atoms with Crippen LogP contribution < -0.4 is 20.1 Å². The lowest BCUT2D eigenvalue weighted by atomic mass is 10.2. The van der Waals surface area contributed by atoms with Gasteiger partial charge in [0.05, 0.1) is 31.0 Å². The number of carbonyl (C=O) groups excluding carboxylic acids is 1. The number of ether oxygens (including phenoxy) is 3. The second-order valence-electron chi connectivity index (χ2n) is 5.40.